The molecule has 0 bridgehead atoms. The number of fused-ring (bicyclic) bond motifs is 1. The van der Waals surface area contributed by atoms with Crippen molar-refractivity contribution < 1.29 is 4.39 Å². The van der Waals surface area contributed by atoms with Gasteiger partial charge in [0.1, 0.15) is 23.1 Å². The first-order chi connectivity index (χ1) is 7.26. The van der Waals surface area contributed by atoms with E-state index in [1.807, 2.05) is 6.07 Å². The molecule has 4 heteroatoms. The molecule has 1 aromatic heterocycles. The molecule has 0 aliphatic rings. The minimum Gasteiger partial charge on any atom is -0.387 e. The van der Waals surface area contributed by atoms with Crippen LogP contribution >= 0.6 is 0 Å². The van der Waals surface area contributed by atoms with Crippen LogP contribution in [0.5, 0.6) is 0 Å². The van der Waals surface area contributed by atoms with Crippen molar-refractivity contribution in [3.8, 4) is 6.07 Å². The number of anilines is 1. The molecule has 2 aromatic rings. The summed E-state index contributed by atoms with van der Waals surface area (Å²) in [6, 6.07) is 8.21. The number of hydrogen-bond acceptors (Lipinski definition) is 3. The molecule has 0 saturated heterocycles. The lowest BCUT2D eigenvalue weighted by atomic mass is 10.1. The fraction of sp³-hybridized carbons (Fsp3) is 0.0909. The van der Waals surface area contributed by atoms with E-state index in [9.17, 15) is 4.39 Å². The number of nitrogens with one attached hydrogen (secondary N) is 1. The maximum Gasteiger partial charge on any atom is 0.149 e. The zero-order chi connectivity index (χ0) is 10.8. The molecule has 0 atom stereocenters. The first kappa shape index (κ1) is 9.41. The zero-order valence-electron chi connectivity index (χ0n) is 8.08. The number of nitrogens with zero attached hydrogens (tertiary/aromatic N) is 2. The second-order valence-corrected chi connectivity index (χ2v) is 3.05. The predicted octanol–water partition coefficient (Wildman–Crippen LogP) is 2.29. The van der Waals surface area contributed by atoms with E-state index in [-0.39, 0.29) is 11.2 Å². The summed E-state index contributed by atoms with van der Waals surface area (Å²) < 4.78 is 13.4. The molecule has 74 valence electrons. The molecule has 3 nitrogen and oxygen atoms in total. The highest BCUT2D eigenvalue weighted by molar-refractivity contribution is 5.92. The van der Waals surface area contributed by atoms with Crippen molar-refractivity contribution >= 4 is 16.6 Å². The monoisotopic (exact) mass is 201 g/mol. The van der Waals surface area contributed by atoms with Gasteiger partial charge in [0.15, 0.2) is 0 Å². The molecule has 0 aliphatic heterocycles. The highest BCUT2D eigenvalue weighted by Gasteiger charge is 2.07. The molecule has 1 aromatic carbocycles. The van der Waals surface area contributed by atoms with E-state index >= 15 is 0 Å². The topological polar surface area (TPSA) is 48.7 Å². The number of benzene rings is 1. The third kappa shape index (κ3) is 1.48. The molecule has 15 heavy (non-hydrogen) atoms. The van der Waals surface area contributed by atoms with Gasteiger partial charge in [0.25, 0.3) is 0 Å². The van der Waals surface area contributed by atoms with Crippen molar-refractivity contribution in [2.24, 2.45) is 0 Å². The van der Waals surface area contributed by atoms with Crippen LogP contribution in [0.3, 0.4) is 0 Å². The third-order valence-electron chi connectivity index (χ3n) is 2.17. The van der Waals surface area contributed by atoms with E-state index in [1.165, 1.54) is 6.07 Å². The highest BCUT2D eigenvalue weighted by Crippen LogP contribution is 2.24. The van der Waals surface area contributed by atoms with E-state index < -0.39 is 5.82 Å². The summed E-state index contributed by atoms with van der Waals surface area (Å²) in [6.45, 7) is 0. The van der Waals surface area contributed by atoms with Gasteiger partial charge in [-0.3, -0.25) is 0 Å². The number of para-hydroxylation sites is 1. The minimum absolute atomic E-state index is 0.206. The quantitative estimate of drug-likeness (QED) is 0.770. The molecule has 0 spiro atoms. The lowest BCUT2D eigenvalue weighted by molar-refractivity contribution is 0.637. The Hall–Kier alpha value is -2.15. The number of rotatable bonds is 1. The first-order valence-electron chi connectivity index (χ1n) is 4.43. The Balaban J connectivity index is 2.88. The van der Waals surface area contributed by atoms with E-state index in [0.717, 1.165) is 0 Å². The van der Waals surface area contributed by atoms with Crippen LogP contribution in [0.25, 0.3) is 10.9 Å². The van der Waals surface area contributed by atoms with Gasteiger partial charge in [0.05, 0.1) is 0 Å². The first-order valence-corrected chi connectivity index (χ1v) is 4.43. The summed E-state index contributed by atoms with van der Waals surface area (Å²) in [5.74, 6) is -0.416. The Labute approximate surface area is 86.2 Å². The van der Waals surface area contributed by atoms with Gasteiger partial charge in [-0.25, -0.2) is 9.37 Å². The van der Waals surface area contributed by atoms with Gasteiger partial charge >= 0.3 is 0 Å². The van der Waals surface area contributed by atoms with Gasteiger partial charge in [-0.2, -0.15) is 5.26 Å². The summed E-state index contributed by atoms with van der Waals surface area (Å²) in [5.41, 5.74) is 1.13. The number of halogens is 1. The van der Waals surface area contributed by atoms with Crippen LogP contribution in [0.4, 0.5) is 10.1 Å². The van der Waals surface area contributed by atoms with Crippen LogP contribution in [0.1, 0.15) is 5.69 Å². The van der Waals surface area contributed by atoms with Crippen LogP contribution in [0.2, 0.25) is 0 Å². The molecular weight excluding hydrogens is 193 g/mol. The average Bonchev–Trinajstić information content (AvgIpc) is 2.28. The maximum absolute atomic E-state index is 13.4. The minimum atomic E-state index is -0.416. The number of pyridine rings is 1. The van der Waals surface area contributed by atoms with Crippen LogP contribution < -0.4 is 5.32 Å². The van der Waals surface area contributed by atoms with Gasteiger partial charge in [0.2, 0.25) is 0 Å². The summed E-state index contributed by atoms with van der Waals surface area (Å²) >= 11 is 0. The van der Waals surface area contributed by atoms with E-state index in [2.05, 4.69) is 10.3 Å². The van der Waals surface area contributed by atoms with Crippen molar-refractivity contribution in [2.45, 2.75) is 0 Å². The van der Waals surface area contributed by atoms with E-state index in [1.54, 1.807) is 25.2 Å². The number of nitriles is 1. The van der Waals surface area contributed by atoms with Crippen molar-refractivity contribution in [3.05, 3.63) is 35.8 Å². The van der Waals surface area contributed by atoms with Gasteiger partial charge < -0.3 is 5.32 Å². The molecule has 0 aliphatic carbocycles. The summed E-state index contributed by atoms with van der Waals surface area (Å²) in [6.07, 6.45) is 0. The molecule has 1 heterocycles. The SMILES string of the molecule is CNc1cc(C#N)nc2c(F)cccc12. The smallest absolute Gasteiger partial charge is 0.149 e. The van der Waals surface area contributed by atoms with Crippen molar-refractivity contribution in [1.82, 2.24) is 4.98 Å². The van der Waals surface area contributed by atoms with Crippen molar-refractivity contribution in [1.29, 1.82) is 5.26 Å². The van der Waals surface area contributed by atoms with Gasteiger partial charge in [-0.15, -0.1) is 0 Å². The Morgan fingerprint density at radius 3 is 2.93 bits per heavy atom. The summed E-state index contributed by atoms with van der Waals surface area (Å²) in [5, 5.41) is 12.3. The molecule has 0 amide bonds. The Kier molecular flexibility index (Phi) is 2.22. The Morgan fingerprint density at radius 1 is 1.47 bits per heavy atom. The van der Waals surface area contributed by atoms with Crippen molar-refractivity contribution in [2.75, 3.05) is 12.4 Å². The molecule has 0 fully saturated rings. The number of aromatic nitrogens is 1. The second-order valence-electron chi connectivity index (χ2n) is 3.05. The molecular formula is C11H8FN3. The lowest BCUT2D eigenvalue weighted by Crippen LogP contribution is -1.95. The maximum atomic E-state index is 13.4. The lowest BCUT2D eigenvalue weighted by Gasteiger charge is -2.06. The fourth-order valence-corrected chi connectivity index (χ4v) is 1.48. The fourth-order valence-electron chi connectivity index (χ4n) is 1.48. The molecule has 0 saturated carbocycles. The van der Waals surface area contributed by atoms with E-state index in [4.69, 9.17) is 5.26 Å². The Morgan fingerprint density at radius 2 is 2.27 bits per heavy atom. The largest absolute Gasteiger partial charge is 0.387 e. The van der Waals surface area contributed by atoms with Crippen LogP contribution in [0.15, 0.2) is 24.3 Å². The molecule has 0 radical (unpaired) electrons. The van der Waals surface area contributed by atoms with Crippen molar-refractivity contribution in [3.63, 3.8) is 0 Å². The normalized spacial score (nSPS) is 9.93. The van der Waals surface area contributed by atoms with Gasteiger partial charge in [-0.05, 0) is 12.1 Å². The molecule has 1 N–H and O–H groups in total. The number of hydrogen-bond donors (Lipinski definition) is 1. The predicted molar refractivity (Wildman–Crippen MR) is 56.0 cm³/mol. The highest BCUT2D eigenvalue weighted by atomic mass is 19.1. The average molecular weight is 201 g/mol. The second kappa shape index (κ2) is 3.54. The standard InChI is InChI=1S/C11H8FN3/c1-14-10-5-7(6-13)15-11-8(10)3-2-4-9(11)12/h2-5H,1H3,(H,14,15). The van der Waals surface area contributed by atoms with Gasteiger partial charge in [0, 0.05) is 18.1 Å². The molecule has 2 rings (SSSR count). The van der Waals surface area contributed by atoms with Crippen LogP contribution in [0, 0.1) is 17.1 Å². The molecule has 0 unspecified atom stereocenters. The van der Waals surface area contributed by atoms with Crippen LogP contribution in [-0.4, -0.2) is 12.0 Å². The Bertz CT molecular complexity index is 557. The van der Waals surface area contributed by atoms with Gasteiger partial charge in [-0.1, -0.05) is 12.1 Å². The van der Waals surface area contributed by atoms with E-state index in [0.29, 0.717) is 11.1 Å². The van der Waals surface area contributed by atoms with Crippen LogP contribution in [-0.2, 0) is 0 Å². The zero-order valence-corrected chi connectivity index (χ0v) is 8.08. The summed E-state index contributed by atoms with van der Waals surface area (Å²) in [4.78, 5) is 3.93. The summed E-state index contributed by atoms with van der Waals surface area (Å²) in [7, 11) is 1.72. The third-order valence-corrected chi connectivity index (χ3v) is 2.17.